The van der Waals surface area contributed by atoms with Gasteiger partial charge in [-0.1, -0.05) is 0 Å². The first-order chi connectivity index (χ1) is 8.31. The Hall–Kier alpha value is -2.07. The lowest BCUT2D eigenvalue weighted by Crippen LogP contribution is -1.92. The van der Waals surface area contributed by atoms with E-state index in [0.29, 0.717) is 17.2 Å². The molecule has 1 aliphatic heterocycles. The molecule has 1 atom stereocenters. The Morgan fingerprint density at radius 2 is 2.12 bits per heavy atom. The minimum atomic E-state index is -2.06. The van der Waals surface area contributed by atoms with Gasteiger partial charge in [-0.15, -0.1) is 0 Å². The van der Waals surface area contributed by atoms with Crippen molar-refractivity contribution >= 4 is 7.81 Å². The molecule has 7 heteroatoms. The van der Waals surface area contributed by atoms with Gasteiger partial charge in [0, 0.05) is 16.7 Å². The van der Waals surface area contributed by atoms with Crippen molar-refractivity contribution in [2.45, 2.75) is 0 Å². The Labute approximate surface area is 96.7 Å². The monoisotopic (exact) mass is 252 g/mol. The van der Waals surface area contributed by atoms with Gasteiger partial charge in [-0.25, -0.2) is 4.20 Å². The quantitative estimate of drug-likeness (QED) is 0.818. The highest BCUT2D eigenvalue weighted by Crippen LogP contribution is 2.36. The van der Waals surface area contributed by atoms with E-state index in [0.717, 1.165) is 0 Å². The second kappa shape index (κ2) is 4.07. The Morgan fingerprint density at radius 3 is 3.00 bits per heavy atom. The first-order valence-corrected chi connectivity index (χ1v) is 5.91. The van der Waals surface area contributed by atoms with Crippen LogP contribution in [0.4, 0.5) is 0 Å². The summed E-state index contributed by atoms with van der Waals surface area (Å²) in [7, 11) is -2.06. The van der Waals surface area contributed by atoms with Gasteiger partial charge in [-0.3, -0.25) is 0 Å². The van der Waals surface area contributed by atoms with Crippen LogP contribution in [-0.4, -0.2) is 11.5 Å². The molecule has 1 aromatic carbocycles. The molecule has 0 saturated carbocycles. The first kappa shape index (κ1) is 10.1. The van der Waals surface area contributed by atoms with Gasteiger partial charge in [-0.2, -0.15) is 0 Å². The van der Waals surface area contributed by atoms with Crippen molar-refractivity contribution in [1.82, 2.24) is 4.75 Å². The average Bonchev–Trinajstić information content (AvgIpc) is 2.76. The topological polar surface area (TPSA) is 70.8 Å². The molecule has 0 amide bonds. The van der Waals surface area contributed by atoms with Crippen LogP contribution in [0, 0.1) is 0 Å². The van der Waals surface area contributed by atoms with Crippen LogP contribution in [0.2, 0.25) is 0 Å². The maximum Gasteiger partial charge on any atom is 0.723 e. The predicted octanol–water partition coefficient (Wildman–Crippen LogP) is 2.94. The zero-order valence-corrected chi connectivity index (χ0v) is 9.42. The number of fused-ring (bicyclic) bond motifs is 1. The van der Waals surface area contributed by atoms with E-state index in [1.165, 1.54) is 12.3 Å². The van der Waals surface area contributed by atoms with Gasteiger partial charge in [0.1, 0.15) is 5.75 Å². The summed E-state index contributed by atoms with van der Waals surface area (Å²) in [6.07, 6.45) is 1.29. The zero-order valence-electron chi connectivity index (χ0n) is 8.53. The normalized spacial score (nSPS) is 13.5. The molecule has 0 saturated heterocycles. The summed E-state index contributed by atoms with van der Waals surface area (Å²) in [6, 6.07) is 6.62. The van der Waals surface area contributed by atoms with Crippen LogP contribution in [0.25, 0.3) is 0 Å². The van der Waals surface area contributed by atoms with Gasteiger partial charge in [-0.05, 0) is 12.1 Å². The van der Waals surface area contributed by atoms with Crippen LogP contribution in [0.5, 0.6) is 23.1 Å². The van der Waals surface area contributed by atoms with Gasteiger partial charge in [0.25, 0.3) is 5.88 Å². The molecule has 0 radical (unpaired) electrons. The smallest absolute Gasteiger partial charge is 0.454 e. The third-order valence-electron chi connectivity index (χ3n) is 2.11. The summed E-state index contributed by atoms with van der Waals surface area (Å²) in [5, 5.41) is 0. The lowest BCUT2D eigenvalue weighted by molar-refractivity contribution is 0.174. The van der Waals surface area contributed by atoms with E-state index in [2.05, 4.69) is 8.94 Å². The summed E-state index contributed by atoms with van der Waals surface area (Å²) >= 11 is 0. The highest BCUT2D eigenvalue weighted by atomic mass is 31.1. The number of ether oxygens (including phenoxy) is 3. The Balaban J connectivity index is 1.88. The fourth-order valence-corrected chi connectivity index (χ4v) is 1.87. The molecule has 86 valence electrons. The van der Waals surface area contributed by atoms with Crippen molar-refractivity contribution < 1.29 is 23.0 Å². The number of aromatic nitrogens is 1. The number of benzene rings is 1. The molecule has 2 heterocycles. The highest BCUT2D eigenvalue weighted by molar-refractivity contribution is 7.25. The molecule has 1 aliphatic rings. The first-order valence-electron chi connectivity index (χ1n) is 4.78. The van der Waals surface area contributed by atoms with E-state index < -0.39 is 7.81 Å². The molecule has 6 nitrogen and oxygen atoms in total. The van der Waals surface area contributed by atoms with Gasteiger partial charge in [0.05, 0.1) is 4.75 Å². The third kappa shape index (κ3) is 2.07. The molecule has 1 unspecified atom stereocenters. The molecule has 3 rings (SSSR count). The number of rotatable bonds is 2. The standard InChI is InChI=1S/C10H7NO5P/c12-17-11-10(3-4-15-17)16-7-1-2-8-9(5-7)14-6-13-8/h1-5H,6H2/q+1. The van der Waals surface area contributed by atoms with Gasteiger partial charge >= 0.3 is 7.81 Å². The molecule has 0 N–H and O–H groups in total. The molecular formula is C10H7NO5P+. The Kier molecular flexibility index (Phi) is 2.42. The van der Waals surface area contributed by atoms with Crippen LogP contribution in [0.3, 0.4) is 0 Å². The summed E-state index contributed by atoms with van der Waals surface area (Å²) in [6.45, 7) is 0.208. The van der Waals surface area contributed by atoms with E-state index in [1.807, 2.05) is 0 Å². The van der Waals surface area contributed by atoms with Crippen molar-refractivity contribution in [1.29, 1.82) is 0 Å². The van der Waals surface area contributed by atoms with E-state index in [1.54, 1.807) is 18.2 Å². The predicted molar refractivity (Wildman–Crippen MR) is 56.7 cm³/mol. The second-order valence-electron chi connectivity index (χ2n) is 3.20. The average molecular weight is 252 g/mol. The van der Waals surface area contributed by atoms with E-state index in [9.17, 15) is 4.57 Å². The molecule has 17 heavy (non-hydrogen) atoms. The summed E-state index contributed by atoms with van der Waals surface area (Å²) in [5.74, 6) is 2.05. The minimum Gasteiger partial charge on any atom is -0.454 e. The molecule has 1 aromatic heterocycles. The van der Waals surface area contributed by atoms with Crippen molar-refractivity contribution in [3.8, 4) is 23.1 Å². The van der Waals surface area contributed by atoms with Crippen LogP contribution in [-0.2, 0) is 4.57 Å². The molecular weight excluding hydrogens is 245 g/mol. The van der Waals surface area contributed by atoms with Crippen molar-refractivity contribution in [2.24, 2.45) is 0 Å². The van der Waals surface area contributed by atoms with E-state index >= 15 is 0 Å². The van der Waals surface area contributed by atoms with Crippen molar-refractivity contribution in [3.63, 3.8) is 0 Å². The lowest BCUT2D eigenvalue weighted by atomic mass is 10.3. The molecule has 0 spiro atoms. The van der Waals surface area contributed by atoms with E-state index in [4.69, 9.17) is 14.2 Å². The number of hydrogen-bond acceptors (Lipinski definition) is 6. The van der Waals surface area contributed by atoms with Crippen LogP contribution >= 0.6 is 7.81 Å². The summed E-state index contributed by atoms with van der Waals surface area (Å²) in [5.41, 5.74) is 0. The summed E-state index contributed by atoms with van der Waals surface area (Å²) < 4.78 is 35.1. The SMILES string of the molecule is O=[p+]1nc(Oc2ccc3c(c2)OCO3)cco1. The van der Waals surface area contributed by atoms with Gasteiger partial charge in [0.15, 0.2) is 17.8 Å². The molecule has 0 bridgehead atoms. The maximum atomic E-state index is 11.0. The van der Waals surface area contributed by atoms with Gasteiger partial charge < -0.3 is 14.2 Å². The summed E-state index contributed by atoms with van der Waals surface area (Å²) in [4.78, 5) is 0. The lowest BCUT2D eigenvalue weighted by Gasteiger charge is -2.02. The van der Waals surface area contributed by atoms with Crippen molar-refractivity contribution in [2.75, 3.05) is 6.79 Å². The maximum absolute atomic E-state index is 11.0. The van der Waals surface area contributed by atoms with Crippen LogP contribution < -0.4 is 14.2 Å². The van der Waals surface area contributed by atoms with Crippen LogP contribution in [0.15, 0.2) is 34.7 Å². The highest BCUT2D eigenvalue weighted by Gasteiger charge is 2.15. The minimum absolute atomic E-state index is 0.208. The van der Waals surface area contributed by atoms with E-state index in [-0.39, 0.29) is 12.7 Å². The van der Waals surface area contributed by atoms with Crippen molar-refractivity contribution in [3.05, 3.63) is 30.5 Å². The number of nitrogens with zero attached hydrogens (tertiary/aromatic N) is 1. The fourth-order valence-electron chi connectivity index (χ4n) is 1.39. The number of hydrogen-bond donors (Lipinski definition) is 0. The Bertz CT molecular complexity index is 612. The fraction of sp³-hybridized carbons (Fsp3) is 0.100. The molecule has 2 aromatic rings. The third-order valence-corrected chi connectivity index (χ3v) is 2.77. The second-order valence-corrected chi connectivity index (χ2v) is 4.09. The molecule has 0 aliphatic carbocycles. The van der Waals surface area contributed by atoms with Crippen LogP contribution in [0.1, 0.15) is 0 Å². The molecule has 0 fully saturated rings. The largest absolute Gasteiger partial charge is 0.723 e. The Morgan fingerprint density at radius 1 is 1.24 bits per heavy atom. The zero-order chi connectivity index (χ0) is 11.7. The van der Waals surface area contributed by atoms with Gasteiger partial charge in [0.2, 0.25) is 6.79 Å².